The number of H-pyrrole nitrogens is 1. The number of amides is 1. The largest absolute Gasteiger partial charge is 0.507 e. The molecule has 1 aliphatic heterocycles. The monoisotopic (exact) mass is 536 g/mol. The van der Waals surface area contributed by atoms with Gasteiger partial charge in [-0.1, -0.05) is 34.1 Å². The Kier molecular flexibility index (Phi) is 6.02. The van der Waals surface area contributed by atoms with Crippen LogP contribution in [0, 0.1) is 0 Å². The quantitative estimate of drug-likeness (QED) is 0.189. The lowest BCUT2D eigenvalue weighted by atomic mass is 10.00. The first kappa shape index (κ1) is 22.4. The lowest BCUT2D eigenvalue weighted by molar-refractivity contribution is -0.139. The number of hydrogen-bond donors (Lipinski definition) is 2. The van der Waals surface area contributed by atoms with E-state index < -0.39 is 17.7 Å². The smallest absolute Gasteiger partial charge is 0.295 e. The minimum atomic E-state index is -0.667. The van der Waals surface area contributed by atoms with Crippen molar-refractivity contribution in [2.75, 3.05) is 13.7 Å². The van der Waals surface area contributed by atoms with Crippen molar-refractivity contribution in [2.45, 2.75) is 12.5 Å². The van der Waals surface area contributed by atoms with E-state index in [1.165, 1.54) is 11.3 Å². The molecule has 0 bridgehead atoms. The van der Waals surface area contributed by atoms with Gasteiger partial charge >= 0.3 is 0 Å². The Labute approximate surface area is 208 Å². The van der Waals surface area contributed by atoms with Gasteiger partial charge in [0, 0.05) is 38.6 Å². The van der Waals surface area contributed by atoms with Crippen molar-refractivity contribution in [3.63, 3.8) is 0 Å². The third kappa shape index (κ3) is 3.93. The Morgan fingerprint density at radius 3 is 2.68 bits per heavy atom. The van der Waals surface area contributed by atoms with Gasteiger partial charge in [-0.3, -0.25) is 9.59 Å². The number of rotatable bonds is 6. The van der Waals surface area contributed by atoms with Crippen molar-refractivity contribution in [3.8, 4) is 5.75 Å². The van der Waals surface area contributed by atoms with E-state index in [2.05, 4.69) is 20.9 Å². The summed E-state index contributed by atoms with van der Waals surface area (Å²) in [5.41, 5.74) is 2.61. The van der Waals surface area contributed by atoms with Gasteiger partial charge in [0.25, 0.3) is 11.7 Å². The SMILES string of the molecule is COc1ccc2[nH]cc(CCN3C(=O)C(=O)/C(=C(\O)c4ccc(Br)cc4)C3c3cccs3)c2c1. The third-order valence-electron chi connectivity index (χ3n) is 6.07. The van der Waals surface area contributed by atoms with Gasteiger partial charge in [-0.15, -0.1) is 11.3 Å². The number of benzene rings is 2. The molecule has 4 aromatic rings. The lowest BCUT2D eigenvalue weighted by Crippen LogP contribution is -2.31. The number of ketones is 1. The molecular weight excluding hydrogens is 516 g/mol. The molecule has 0 spiro atoms. The molecule has 0 saturated carbocycles. The fourth-order valence-electron chi connectivity index (χ4n) is 4.35. The number of carbonyl (C=O) groups is 2. The molecule has 6 nitrogen and oxygen atoms in total. The van der Waals surface area contributed by atoms with E-state index in [4.69, 9.17) is 4.74 Å². The van der Waals surface area contributed by atoms with E-state index in [1.54, 1.807) is 36.3 Å². The van der Waals surface area contributed by atoms with Crippen molar-refractivity contribution < 1.29 is 19.4 Å². The van der Waals surface area contributed by atoms with E-state index in [0.29, 0.717) is 18.5 Å². The highest BCUT2D eigenvalue weighted by atomic mass is 79.9. The number of carbonyl (C=O) groups excluding carboxylic acids is 2. The fraction of sp³-hybridized carbons (Fsp3) is 0.154. The summed E-state index contributed by atoms with van der Waals surface area (Å²) in [6, 6.07) is 15.9. The summed E-state index contributed by atoms with van der Waals surface area (Å²) in [6.45, 7) is 0.328. The predicted molar refractivity (Wildman–Crippen MR) is 136 cm³/mol. The molecule has 1 amide bonds. The highest BCUT2D eigenvalue weighted by Gasteiger charge is 2.46. The van der Waals surface area contributed by atoms with Crippen molar-refractivity contribution in [3.05, 3.63) is 92.2 Å². The number of hydrogen-bond acceptors (Lipinski definition) is 5. The number of aliphatic hydroxyl groups excluding tert-OH is 1. The van der Waals surface area contributed by atoms with Crippen LogP contribution >= 0.6 is 27.3 Å². The zero-order valence-electron chi connectivity index (χ0n) is 18.2. The molecule has 1 unspecified atom stereocenters. The molecule has 2 N–H and O–H groups in total. The van der Waals surface area contributed by atoms with Gasteiger partial charge < -0.3 is 19.7 Å². The first-order valence-corrected chi connectivity index (χ1v) is 12.4. The topological polar surface area (TPSA) is 82.6 Å². The summed E-state index contributed by atoms with van der Waals surface area (Å²) in [4.78, 5) is 31.9. The molecule has 5 rings (SSSR count). The van der Waals surface area contributed by atoms with Crippen LogP contribution < -0.4 is 4.74 Å². The number of halogens is 1. The standard InChI is InChI=1S/C26H21BrN2O4S/c1-33-18-8-9-20-19(13-18)16(14-28-20)10-11-29-23(21-3-2-12-34-21)22(25(31)26(29)32)24(30)15-4-6-17(27)7-5-15/h2-9,12-14,23,28,30H,10-11H2,1H3/b24-22-. The lowest BCUT2D eigenvalue weighted by Gasteiger charge is -2.24. The Bertz CT molecular complexity index is 1410. The molecular formula is C26H21BrN2O4S. The van der Waals surface area contributed by atoms with E-state index in [1.807, 2.05) is 41.9 Å². The minimum Gasteiger partial charge on any atom is -0.507 e. The molecule has 1 fully saturated rings. The van der Waals surface area contributed by atoms with Gasteiger partial charge in [0.2, 0.25) is 0 Å². The molecule has 0 aliphatic carbocycles. The molecule has 172 valence electrons. The zero-order valence-corrected chi connectivity index (χ0v) is 20.7. The van der Waals surface area contributed by atoms with Crippen LogP contribution in [0.2, 0.25) is 0 Å². The summed E-state index contributed by atoms with van der Waals surface area (Å²) in [7, 11) is 1.62. The molecule has 34 heavy (non-hydrogen) atoms. The molecule has 1 aliphatic rings. The van der Waals surface area contributed by atoms with Crippen LogP contribution in [-0.4, -0.2) is 40.3 Å². The Morgan fingerprint density at radius 1 is 1.18 bits per heavy atom. The summed E-state index contributed by atoms with van der Waals surface area (Å²) < 4.78 is 6.21. The Morgan fingerprint density at radius 2 is 1.97 bits per heavy atom. The van der Waals surface area contributed by atoms with Crippen LogP contribution in [0.4, 0.5) is 0 Å². The van der Waals surface area contributed by atoms with Crippen LogP contribution in [-0.2, 0) is 16.0 Å². The molecule has 2 aromatic heterocycles. The van der Waals surface area contributed by atoms with Crippen LogP contribution in [0.25, 0.3) is 16.7 Å². The van der Waals surface area contributed by atoms with E-state index in [-0.39, 0.29) is 11.3 Å². The Balaban J connectivity index is 1.52. The van der Waals surface area contributed by atoms with E-state index in [9.17, 15) is 14.7 Å². The number of nitrogens with zero attached hydrogens (tertiary/aromatic N) is 1. The second-order valence-electron chi connectivity index (χ2n) is 7.99. The number of aromatic amines is 1. The molecule has 1 atom stereocenters. The van der Waals surface area contributed by atoms with Crippen molar-refractivity contribution in [1.82, 2.24) is 9.88 Å². The summed E-state index contributed by atoms with van der Waals surface area (Å²) in [5.74, 6) is -0.681. The summed E-state index contributed by atoms with van der Waals surface area (Å²) in [5, 5.41) is 14.0. The average molecular weight is 537 g/mol. The molecule has 8 heteroatoms. The Hall–Kier alpha value is -3.36. The number of Topliss-reactive ketones (excluding diaryl/α,β-unsaturated/α-hetero) is 1. The predicted octanol–water partition coefficient (Wildman–Crippen LogP) is 5.66. The van der Waals surface area contributed by atoms with Gasteiger partial charge in [-0.25, -0.2) is 0 Å². The number of nitrogens with one attached hydrogen (secondary N) is 1. The minimum absolute atomic E-state index is 0.121. The number of fused-ring (bicyclic) bond motifs is 1. The van der Waals surface area contributed by atoms with Crippen molar-refractivity contribution in [2.24, 2.45) is 0 Å². The summed E-state index contributed by atoms with van der Waals surface area (Å²) in [6.07, 6.45) is 2.46. The number of ether oxygens (including phenoxy) is 1. The summed E-state index contributed by atoms with van der Waals surface area (Å²) >= 11 is 4.84. The van der Waals surface area contributed by atoms with Crippen molar-refractivity contribution in [1.29, 1.82) is 0 Å². The van der Waals surface area contributed by atoms with Crippen molar-refractivity contribution >= 4 is 55.6 Å². The number of aromatic nitrogens is 1. The zero-order chi connectivity index (χ0) is 23.8. The number of methoxy groups -OCH3 is 1. The van der Waals surface area contributed by atoms with E-state index >= 15 is 0 Å². The highest BCUT2D eigenvalue weighted by molar-refractivity contribution is 9.10. The normalized spacial score (nSPS) is 17.6. The fourth-order valence-corrected chi connectivity index (χ4v) is 5.46. The molecule has 2 aromatic carbocycles. The van der Waals surface area contributed by atoms with Gasteiger partial charge in [0.15, 0.2) is 0 Å². The second-order valence-corrected chi connectivity index (χ2v) is 9.89. The maximum absolute atomic E-state index is 13.1. The first-order valence-electron chi connectivity index (χ1n) is 10.7. The highest BCUT2D eigenvalue weighted by Crippen LogP contribution is 2.41. The number of aliphatic hydroxyl groups is 1. The molecule has 3 heterocycles. The van der Waals surface area contributed by atoms with E-state index in [0.717, 1.165) is 31.6 Å². The maximum Gasteiger partial charge on any atom is 0.295 e. The molecule has 0 radical (unpaired) electrons. The third-order valence-corrected chi connectivity index (χ3v) is 7.52. The van der Waals surface area contributed by atoms with Crippen LogP contribution in [0.1, 0.15) is 22.0 Å². The first-order chi connectivity index (χ1) is 16.5. The molecule has 1 saturated heterocycles. The van der Waals surface area contributed by atoms with Gasteiger partial charge in [0.05, 0.1) is 18.7 Å². The van der Waals surface area contributed by atoms with Crippen LogP contribution in [0.3, 0.4) is 0 Å². The second kappa shape index (κ2) is 9.12. The van der Waals surface area contributed by atoms with Gasteiger partial charge in [0.1, 0.15) is 11.5 Å². The van der Waals surface area contributed by atoms with Gasteiger partial charge in [-0.05, 0) is 53.8 Å². The number of likely N-dealkylation sites (tertiary alicyclic amines) is 1. The number of thiophene rings is 1. The van der Waals surface area contributed by atoms with Crippen LogP contribution in [0.15, 0.2) is 76.2 Å². The van der Waals surface area contributed by atoms with Gasteiger partial charge in [-0.2, -0.15) is 0 Å². The maximum atomic E-state index is 13.1. The van der Waals surface area contributed by atoms with Crippen LogP contribution in [0.5, 0.6) is 5.75 Å². The average Bonchev–Trinajstić information content (AvgIpc) is 3.57.